The van der Waals surface area contributed by atoms with E-state index in [1.54, 1.807) is 18.5 Å². The molecule has 0 saturated carbocycles. The number of H-pyrrole nitrogens is 1. The molecule has 1 heterocycles. The number of anilines is 1. The molecule has 0 radical (unpaired) electrons. The van der Waals surface area contributed by atoms with E-state index in [1.165, 1.54) is 0 Å². The van der Waals surface area contributed by atoms with Crippen LogP contribution in [-0.4, -0.2) is 21.6 Å². The van der Waals surface area contributed by atoms with Crippen molar-refractivity contribution in [1.82, 2.24) is 15.3 Å². The molecule has 3 N–H and O–H groups in total. The monoisotopic (exact) mass is 314 g/mol. The fourth-order valence-electron chi connectivity index (χ4n) is 1.56. The van der Waals surface area contributed by atoms with Crippen molar-refractivity contribution in [1.29, 1.82) is 0 Å². The summed E-state index contributed by atoms with van der Waals surface area (Å²) in [5.74, 6) is 0.614. The number of rotatable bonds is 4. The molecule has 0 bridgehead atoms. The van der Waals surface area contributed by atoms with E-state index in [4.69, 9.17) is 35.4 Å². The van der Waals surface area contributed by atoms with Crippen LogP contribution >= 0.6 is 35.4 Å². The second-order valence-electron chi connectivity index (χ2n) is 3.85. The highest BCUT2D eigenvalue weighted by molar-refractivity contribution is 7.80. The van der Waals surface area contributed by atoms with Crippen LogP contribution in [0.3, 0.4) is 0 Å². The Balaban J connectivity index is 1.78. The molecule has 2 rings (SSSR count). The summed E-state index contributed by atoms with van der Waals surface area (Å²) < 4.78 is 0. The van der Waals surface area contributed by atoms with Gasteiger partial charge in [0.25, 0.3) is 0 Å². The van der Waals surface area contributed by atoms with Gasteiger partial charge in [-0.15, -0.1) is 0 Å². The second-order valence-corrected chi connectivity index (χ2v) is 5.13. The van der Waals surface area contributed by atoms with Crippen molar-refractivity contribution >= 4 is 46.5 Å². The van der Waals surface area contributed by atoms with Gasteiger partial charge >= 0.3 is 0 Å². The van der Waals surface area contributed by atoms with Gasteiger partial charge in [0, 0.05) is 29.0 Å². The highest BCUT2D eigenvalue weighted by Crippen LogP contribution is 2.19. The van der Waals surface area contributed by atoms with E-state index >= 15 is 0 Å². The number of hydrogen-bond donors (Lipinski definition) is 3. The lowest BCUT2D eigenvalue weighted by molar-refractivity contribution is 0.872. The zero-order valence-electron chi connectivity index (χ0n) is 9.91. The van der Waals surface area contributed by atoms with Gasteiger partial charge in [0.05, 0.1) is 0 Å². The van der Waals surface area contributed by atoms with E-state index in [2.05, 4.69) is 20.6 Å². The molecule has 100 valence electrons. The summed E-state index contributed by atoms with van der Waals surface area (Å²) in [6.45, 7) is 0.684. The highest BCUT2D eigenvalue weighted by Gasteiger charge is 2.01. The molecule has 0 aliphatic carbocycles. The van der Waals surface area contributed by atoms with Crippen molar-refractivity contribution in [3.05, 3.63) is 46.2 Å². The van der Waals surface area contributed by atoms with Gasteiger partial charge in [-0.3, -0.25) is 0 Å². The number of benzene rings is 1. The molecule has 1 aromatic carbocycles. The van der Waals surface area contributed by atoms with E-state index in [9.17, 15) is 0 Å². The van der Waals surface area contributed by atoms with Crippen LogP contribution in [0, 0.1) is 0 Å². The standard InChI is InChI=1S/C12H12Cl2N4S/c13-9-5-8(6-10(14)7-9)1-2-17-12(19)18-11-15-3-4-16-11/h3-7H,1-2H2,(H3,15,16,17,18,19). The normalized spacial score (nSPS) is 10.2. The van der Waals surface area contributed by atoms with Crippen molar-refractivity contribution in [3.8, 4) is 0 Å². The van der Waals surface area contributed by atoms with E-state index in [0.29, 0.717) is 27.7 Å². The number of nitrogens with one attached hydrogen (secondary N) is 3. The first-order chi connectivity index (χ1) is 9.13. The van der Waals surface area contributed by atoms with Gasteiger partial charge in [0.2, 0.25) is 5.95 Å². The van der Waals surface area contributed by atoms with Gasteiger partial charge in [-0.1, -0.05) is 23.2 Å². The lowest BCUT2D eigenvalue weighted by Gasteiger charge is -2.08. The van der Waals surface area contributed by atoms with E-state index < -0.39 is 0 Å². The molecular formula is C12H12Cl2N4S. The fraction of sp³-hybridized carbons (Fsp3) is 0.167. The van der Waals surface area contributed by atoms with Crippen LogP contribution in [0.25, 0.3) is 0 Å². The van der Waals surface area contributed by atoms with E-state index in [0.717, 1.165) is 12.0 Å². The van der Waals surface area contributed by atoms with Crippen molar-refractivity contribution in [3.63, 3.8) is 0 Å². The number of nitrogens with zero attached hydrogens (tertiary/aromatic N) is 1. The van der Waals surface area contributed by atoms with Crippen LogP contribution in [0.1, 0.15) is 5.56 Å². The molecule has 1 aromatic heterocycles. The minimum Gasteiger partial charge on any atom is -0.362 e. The average molecular weight is 315 g/mol. The maximum Gasteiger partial charge on any atom is 0.206 e. The Morgan fingerprint density at radius 3 is 2.63 bits per heavy atom. The minimum absolute atomic E-state index is 0.517. The molecule has 0 aliphatic heterocycles. The summed E-state index contributed by atoms with van der Waals surface area (Å²) in [6.07, 6.45) is 4.15. The van der Waals surface area contributed by atoms with Gasteiger partial charge < -0.3 is 15.6 Å². The molecular weight excluding hydrogens is 303 g/mol. The molecule has 0 atom stereocenters. The smallest absolute Gasteiger partial charge is 0.206 e. The first kappa shape index (κ1) is 14.1. The predicted octanol–water partition coefficient (Wildman–Crippen LogP) is 3.25. The highest BCUT2D eigenvalue weighted by atomic mass is 35.5. The van der Waals surface area contributed by atoms with Gasteiger partial charge in [0.1, 0.15) is 0 Å². The van der Waals surface area contributed by atoms with Gasteiger partial charge in [-0.2, -0.15) is 0 Å². The Labute approximate surface area is 126 Å². The number of aromatic nitrogens is 2. The van der Waals surface area contributed by atoms with Crippen LogP contribution in [-0.2, 0) is 6.42 Å². The summed E-state index contributed by atoms with van der Waals surface area (Å²) in [4.78, 5) is 6.92. The second kappa shape index (κ2) is 6.75. The topological polar surface area (TPSA) is 52.7 Å². The Morgan fingerprint density at radius 1 is 1.26 bits per heavy atom. The molecule has 0 spiro atoms. The predicted molar refractivity (Wildman–Crippen MR) is 83.0 cm³/mol. The summed E-state index contributed by atoms with van der Waals surface area (Å²) >= 11 is 17.0. The Kier molecular flexibility index (Phi) is 5.01. The van der Waals surface area contributed by atoms with Crippen LogP contribution < -0.4 is 10.6 Å². The fourth-order valence-corrected chi connectivity index (χ4v) is 2.33. The van der Waals surface area contributed by atoms with Gasteiger partial charge in [-0.25, -0.2) is 4.98 Å². The molecule has 0 fully saturated rings. The summed E-state index contributed by atoms with van der Waals surface area (Å²) in [7, 11) is 0. The quantitative estimate of drug-likeness (QED) is 0.758. The van der Waals surface area contributed by atoms with Crippen molar-refractivity contribution < 1.29 is 0 Å². The molecule has 7 heteroatoms. The van der Waals surface area contributed by atoms with Crippen molar-refractivity contribution in [2.24, 2.45) is 0 Å². The maximum atomic E-state index is 5.93. The Hall–Kier alpha value is -1.30. The van der Waals surface area contributed by atoms with E-state index in [1.807, 2.05) is 12.1 Å². The Morgan fingerprint density at radius 2 is 2.00 bits per heavy atom. The lowest BCUT2D eigenvalue weighted by atomic mass is 10.1. The van der Waals surface area contributed by atoms with Crippen LogP contribution in [0.2, 0.25) is 10.0 Å². The van der Waals surface area contributed by atoms with Gasteiger partial charge in [0.15, 0.2) is 5.11 Å². The van der Waals surface area contributed by atoms with Crippen LogP contribution in [0.4, 0.5) is 5.95 Å². The number of halogens is 2. The van der Waals surface area contributed by atoms with Gasteiger partial charge in [-0.05, 0) is 42.4 Å². The SMILES string of the molecule is S=C(NCCc1cc(Cl)cc(Cl)c1)Nc1ncc[nH]1. The zero-order valence-corrected chi connectivity index (χ0v) is 12.2. The molecule has 0 amide bonds. The summed E-state index contributed by atoms with van der Waals surface area (Å²) in [6, 6.07) is 5.49. The summed E-state index contributed by atoms with van der Waals surface area (Å²) in [5, 5.41) is 7.81. The third kappa shape index (κ3) is 4.70. The van der Waals surface area contributed by atoms with Crippen LogP contribution in [0.15, 0.2) is 30.6 Å². The number of imidazole rings is 1. The molecule has 19 heavy (non-hydrogen) atoms. The van der Waals surface area contributed by atoms with Crippen LogP contribution in [0.5, 0.6) is 0 Å². The largest absolute Gasteiger partial charge is 0.362 e. The molecule has 0 aliphatic rings. The summed E-state index contributed by atoms with van der Waals surface area (Å²) in [5.41, 5.74) is 1.06. The molecule has 0 unspecified atom stereocenters. The number of hydrogen-bond acceptors (Lipinski definition) is 2. The van der Waals surface area contributed by atoms with Crippen molar-refractivity contribution in [2.75, 3.05) is 11.9 Å². The first-order valence-electron chi connectivity index (χ1n) is 5.63. The lowest BCUT2D eigenvalue weighted by Crippen LogP contribution is -2.30. The first-order valence-corrected chi connectivity index (χ1v) is 6.79. The third-order valence-electron chi connectivity index (χ3n) is 2.35. The average Bonchev–Trinajstić information content (AvgIpc) is 2.80. The van der Waals surface area contributed by atoms with Crippen molar-refractivity contribution in [2.45, 2.75) is 6.42 Å². The molecule has 4 nitrogen and oxygen atoms in total. The molecule has 0 saturated heterocycles. The number of thiocarbonyl (C=S) groups is 1. The maximum absolute atomic E-state index is 5.93. The van der Waals surface area contributed by atoms with E-state index in [-0.39, 0.29) is 0 Å². The molecule has 2 aromatic rings. The Bertz CT molecular complexity index is 537. The minimum atomic E-state index is 0.517. The number of aromatic amines is 1. The third-order valence-corrected chi connectivity index (χ3v) is 3.03. The zero-order chi connectivity index (χ0) is 13.7.